The summed E-state index contributed by atoms with van der Waals surface area (Å²) >= 11 is 0. The lowest BCUT2D eigenvalue weighted by Crippen LogP contribution is -2.27. The zero-order valence-corrected chi connectivity index (χ0v) is 16.7. The first-order valence-corrected chi connectivity index (χ1v) is 9.50. The van der Waals surface area contributed by atoms with E-state index in [2.05, 4.69) is 0 Å². The zero-order valence-electron chi connectivity index (χ0n) is 16.7. The number of nitrogens with zero attached hydrogens (tertiary/aromatic N) is 1. The first kappa shape index (κ1) is 19.8. The number of anilines is 1. The molecule has 1 fully saturated rings. The van der Waals surface area contributed by atoms with Crippen molar-refractivity contribution in [3.8, 4) is 17.2 Å². The van der Waals surface area contributed by atoms with Gasteiger partial charge < -0.3 is 23.8 Å². The summed E-state index contributed by atoms with van der Waals surface area (Å²) in [6, 6.07) is 10.3. The molecule has 0 radical (unpaired) electrons. The predicted octanol–water partition coefficient (Wildman–Crippen LogP) is 2.51. The van der Waals surface area contributed by atoms with E-state index in [1.165, 1.54) is 12.0 Å². The molecule has 8 heteroatoms. The van der Waals surface area contributed by atoms with Crippen molar-refractivity contribution in [1.82, 2.24) is 0 Å². The van der Waals surface area contributed by atoms with E-state index in [0.717, 1.165) is 5.56 Å². The SMILES string of the molecule is COc1ccc(C)cc1N1C[C@H](C(=O)OCC(=O)c2ccc3c(c2)OCO3)CC1=O. The van der Waals surface area contributed by atoms with Gasteiger partial charge in [0.15, 0.2) is 23.9 Å². The maximum absolute atomic E-state index is 12.5. The molecule has 1 saturated heterocycles. The molecule has 0 spiro atoms. The minimum atomic E-state index is -0.646. The monoisotopic (exact) mass is 411 g/mol. The van der Waals surface area contributed by atoms with Gasteiger partial charge in [-0.1, -0.05) is 6.07 Å². The number of amides is 1. The Hall–Kier alpha value is -3.55. The normalized spacial score (nSPS) is 17.2. The van der Waals surface area contributed by atoms with Crippen LogP contribution in [0.2, 0.25) is 0 Å². The third kappa shape index (κ3) is 3.80. The standard InChI is InChI=1S/C22H21NO7/c1-13-3-5-18(27-2)16(7-13)23-10-15(9-21(23)25)22(26)28-11-17(24)14-4-6-19-20(8-14)30-12-29-19/h3-8,15H,9-12H2,1-2H3/t15-/m1/s1. The summed E-state index contributed by atoms with van der Waals surface area (Å²) in [6.45, 7) is 1.80. The van der Waals surface area contributed by atoms with E-state index in [9.17, 15) is 14.4 Å². The molecule has 2 aliphatic heterocycles. The number of aryl methyl sites for hydroxylation is 1. The second-order valence-electron chi connectivity index (χ2n) is 7.18. The number of methoxy groups -OCH3 is 1. The van der Waals surface area contributed by atoms with E-state index in [1.54, 1.807) is 24.3 Å². The molecule has 4 rings (SSSR count). The van der Waals surface area contributed by atoms with Crippen LogP contribution in [0.1, 0.15) is 22.3 Å². The zero-order chi connectivity index (χ0) is 21.3. The molecule has 1 amide bonds. The lowest BCUT2D eigenvalue weighted by atomic mass is 10.1. The molecule has 0 bridgehead atoms. The fourth-order valence-corrected chi connectivity index (χ4v) is 3.52. The van der Waals surface area contributed by atoms with Crippen molar-refractivity contribution in [3.05, 3.63) is 47.5 Å². The highest BCUT2D eigenvalue weighted by molar-refractivity contribution is 6.02. The summed E-state index contributed by atoms with van der Waals surface area (Å²) in [6.07, 6.45) is 0.0220. The molecule has 0 saturated carbocycles. The highest BCUT2D eigenvalue weighted by Crippen LogP contribution is 2.35. The minimum Gasteiger partial charge on any atom is -0.495 e. The lowest BCUT2D eigenvalue weighted by Gasteiger charge is -2.20. The van der Waals surface area contributed by atoms with Gasteiger partial charge in [-0.2, -0.15) is 0 Å². The summed E-state index contributed by atoms with van der Waals surface area (Å²) < 4.78 is 21.0. The maximum atomic E-state index is 12.5. The second kappa shape index (κ2) is 8.06. The summed E-state index contributed by atoms with van der Waals surface area (Å²) in [5.74, 6) is -0.165. The number of Topliss-reactive ketones (excluding diaryl/α,β-unsaturated/α-hetero) is 1. The largest absolute Gasteiger partial charge is 0.495 e. The van der Waals surface area contributed by atoms with Crippen molar-refractivity contribution in [2.75, 3.05) is 32.0 Å². The van der Waals surface area contributed by atoms with Crippen molar-refractivity contribution < 1.29 is 33.3 Å². The Morgan fingerprint density at radius 3 is 2.73 bits per heavy atom. The fourth-order valence-electron chi connectivity index (χ4n) is 3.52. The van der Waals surface area contributed by atoms with Crippen LogP contribution in [0.3, 0.4) is 0 Å². The molecule has 0 unspecified atom stereocenters. The number of hydrogen-bond acceptors (Lipinski definition) is 7. The van der Waals surface area contributed by atoms with Crippen LogP contribution in [0.25, 0.3) is 0 Å². The number of carbonyl (C=O) groups is 3. The van der Waals surface area contributed by atoms with Crippen LogP contribution < -0.4 is 19.1 Å². The molecule has 0 aliphatic carbocycles. The molecule has 8 nitrogen and oxygen atoms in total. The van der Waals surface area contributed by atoms with Gasteiger partial charge in [0, 0.05) is 18.5 Å². The number of ether oxygens (including phenoxy) is 4. The van der Waals surface area contributed by atoms with E-state index in [-0.39, 0.29) is 31.4 Å². The van der Waals surface area contributed by atoms with Gasteiger partial charge in [-0.15, -0.1) is 0 Å². The average Bonchev–Trinajstić information content (AvgIpc) is 3.37. The third-order valence-electron chi connectivity index (χ3n) is 5.12. The van der Waals surface area contributed by atoms with Crippen LogP contribution >= 0.6 is 0 Å². The minimum absolute atomic E-state index is 0.0220. The topological polar surface area (TPSA) is 91.4 Å². The Kier molecular flexibility index (Phi) is 5.31. The van der Waals surface area contributed by atoms with Gasteiger partial charge in [0.2, 0.25) is 12.7 Å². The second-order valence-corrected chi connectivity index (χ2v) is 7.18. The number of esters is 1. The van der Waals surface area contributed by atoms with Crippen molar-refractivity contribution in [2.24, 2.45) is 5.92 Å². The summed E-state index contributed by atoms with van der Waals surface area (Å²) in [4.78, 5) is 38.9. The smallest absolute Gasteiger partial charge is 0.311 e. The van der Waals surface area contributed by atoms with Gasteiger partial charge in [0.05, 0.1) is 18.7 Å². The molecule has 30 heavy (non-hydrogen) atoms. The summed E-state index contributed by atoms with van der Waals surface area (Å²) in [5, 5.41) is 0. The molecule has 156 valence electrons. The molecule has 2 aromatic rings. The van der Waals surface area contributed by atoms with E-state index in [4.69, 9.17) is 18.9 Å². The Balaban J connectivity index is 1.38. The van der Waals surface area contributed by atoms with Crippen LogP contribution in [0.5, 0.6) is 17.2 Å². The molecule has 2 heterocycles. The van der Waals surface area contributed by atoms with Crippen molar-refractivity contribution in [2.45, 2.75) is 13.3 Å². The fraction of sp³-hybridized carbons (Fsp3) is 0.318. The maximum Gasteiger partial charge on any atom is 0.311 e. The number of hydrogen-bond donors (Lipinski definition) is 0. The van der Waals surface area contributed by atoms with E-state index in [0.29, 0.717) is 28.5 Å². The Labute approximate surface area is 173 Å². The van der Waals surface area contributed by atoms with E-state index >= 15 is 0 Å². The van der Waals surface area contributed by atoms with E-state index in [1.807, 2.05) is 19.1 Å². The summed E-state index contributed by atoms with van der Waals surface area (Å²) in [7, 11) is 1.53. The summed E-state index contributed by atoms with van der Waals surface area (Å²) in [5.41, 5.74) is 1.95. The molecule has 2 aliphatic rings. The molecule has 2 aromatic carbocycles. The van der Waals surface area contributed by atoms with Crippen LogP contribution in [-0.4, -0.2) is 44.7 Å². The number of fused-ring (bicyclic) bond motifs is 1. The number of ketones is 1. The Morgan fingerprint density at radius 1 is 1.13 bits per heavy atom. The molecular formula is C22H21NO7. The van der Waals surface area contributed by atoms with Gasteiger partial charge in [-0.3, -0.25) is 14.4 Å². The van der Waals surface area contributed by atoms with E-state index < -0.39 is 18.5 Å². The van der Waals surface area contributed by atoms with Gasteiger partial charge in [0.1, 0.15) is 5.75 Å². The van der Waals surface area contributed by atoms with Crippen molar-refractivity contribution in [3.63, 3.8) is 0 Å². The van der Waals surface area contributed by atoms with Crippen molar-refractivity contribution >= 4 is 23.3 Å². The average molecular weight is 411 g/mol. The van der Waals surface area contributed by atoms with Gasteiger partial charge >= 0.3 is 5.97 Å². The quantitative estimate of drug-likeness (QED) is 0.533. The molecule has 1 atom stereocenters. The first-order valence-electron chi connectivity index (χ1n) is 9.50. The van der Waals surface area contributed by atoms with Gasteiger partial charge in [-0.05, 0) is 42.8 Å². The van der Waals surface area contributed by atoms with Crippen molar-refractivity contribution in [1.29, 1.82) is 0 Å². The molecular weight excluding hydrogens is 390 g/mol. The van der Waals surface area contributed by atoms with Crippen LogP contribution in [0.15, 0.2) is 36.4 Å². The lowest BCUT2D eigenvalue weighted by molar-refractivity contribution is -0.147. The highest BCUT2D eigenvalue weighted by atomic mass is 16.7. The number of carbonyl (C=O) groups excluding carboxylic acids is 3. The molecule has 0 aromatic heterocycles. The Morgan fingerprint density at radius 2 is 1.93 bits per heavy atom. The first-order chi connectivity index (χ1) is 14.5. The number of benzene rings is 2. The Bertz CT molecular complexity index is 1020. The number of rotatable bonds is 6. The van der Waals surface area contributed by atoms with Crippen LogP contribution in [-0.2, 0) is 14.3 Å². The predicted molar refractivity (Wildman–Crippen MR) is 106 cm³/mol. The van der Waals surface area contributed by atoms with Gasteiger partial charge in [0.25, 0.3) is 0 Å². The third-order valence-corrected chi connectivity index (χ3v) is 5.12. The van der Waals surface area contributed by atoms with Crippen LogP contribution in [0, 0.1) is 12.8 Å². The van der Waals surface area contributed by atoms with Gasteiger partial charge in [-0.25, -0.2) is 0 Å². The van der Waals surface area contributed by atoms with Crippen LogP contribution in [0.4, 0.5) is 5.69 Å². The highest BCUT2D eigenvalue weighted by Gasteiger charge is 2.37. The molecule has 0 N–H and O–H groups in total.